The third-order valence-electron chi connectivity index (χ3n) is 3.28. The van der Waals surface area contributed by atoms with E-state index in [-0.39, 0.29) is 30.8 Å². The van der Waals surface area contributed by atoms with Crippen molar-refractivity contribution in [3.05, 3.63) is 29.8 Å². The van der Waals surface area contributed by atoms with Crippen LogP contribution in [-0.4, -0.2) is 39.2 Å². The molecule has 0 aliphatic carbocycles. The van der Waals surface area contributed by atoms with Crippen LogP contribution in [0.4, 0.5) is 8.78 Å². The van der Waals surface area contributed by atoms with Crippen LogP contribution in [0.1, 0.15) is 12.0 Å². The van der Waals surface area contributed by atoms with Crippen LogP contribution in [0.3, 0.4) is 0 Å². The Morgan fingerprint density at radius 2 is 1.95 bits per heavy atom. The smallest absolute Gasteiger partial charge is 0.341 e. The van der Waals surface area contributed by atoms with E-state index in [0.29, 0.717) is 5.56 Å². The molecule has 0 bridgehead atoms. The Morgan fingerprint density at radius 3 is 2.45 bits per heavy atom. The molecule has 9 heteroatoms. The van der Waals surface area contributed by atoms with Crippen molar-refractivity contribution in [2.75, 3.05) is 13.1 Å². The van der Waals surface area contributed by atoms with Gasteiger partial charge >= 0.3 is 5.76 Å². The van der Waals surface area contributed by atoms with E-state index in [1.807, 2.05) is 0 Å². The quantitative estimate of drug-likeness (QED) is 0.831. The van der Waals surface area contributed by atoms with E-state index in [2.05, 4.69) is 10.6 Å². The van der Waals surface area contributed by atoms with Gasteiger partial charge in [-0.05, 0) is 30.7 Å². The molecule has 1 unspecified atom stereocenters. The Morgan fingerprint density at radius 1 is 1.32 bits per heavy atom. The highest BCUT2D eigenvalue weighted by molar-refractivity contribution is 7.91. The number of carbonyl (C=O) groups is 1. The van der Waals surface area contributed by atoms with Crippen molar-refractivity contribution in [1.29, 1.82) is 0 Å². The topological polar surface area (TPSA) is 75.3 Å². The molecular weight excluding hydrogens is 338 g/mol. The highest BCUT2D eigenvalue weighted by Crippen LogP contribution is 2.18. The van der Waals surface area contributed by atoms with E-state index >= 15 is 0 Å². The lowest BCUT2D eigenvalue weighted by Gasteiger charge is -2.11. The van der Waals surface area contributed by atoms with E-state index in [9.17, 15) is 22.0 Å². The second-order valence-corrected chi connectivity index (χ2v) is 6.80. The van der Waals surface area contributed by atoms with Crippen molar-refractivity contribution >= 4 is 28.2 Å². The number of nitrogens with one attached hydrogen (secondary N) is 2. The molecular formula is C13H17ClF2N2O3S. The van der Waals surface area contributed by atoms with Gasteiger partial charge in [-0.15, -0.1) is 12.4 Å². The maximum atomic E-state index is 12.4. The molecule has 1 amide bonds. The number of carbonyl (C=O) groups excluding carboxylic acids is 1. The summed E-state index contributed by atoms with van der Waals surface area (Å²) in [7, 11) is -4.58. The van der Waals surface area contributed by atoms with Gasteiger partial charge in [0.25, 0.3) is 0 Å². The molecule has 2 N–H and O–H groups in total. The van der Waals surface area contributed by atoms with Crippen LogP contribution in [0.25, 0.3) is 0 Å². The number of hydrogen-bond acceptors (Lipinski definition) is 4. The third-order valence-corrected chi connectivity index (χ3v) is 4.67. The molecule has 1 aliphatic heterocycles. The molecule has 1 aromatic rings. The second-order valence-electron chi connectivity index (χ2n) is 4.88. The van der Waals surface area contributed by atoms with Crippen LogP contribution in [0.2, 0.25) is 0 Å². The highest BCUT2D eigenvalue weighted by atomic mass is 35.5. The minimum absolute atomic E-state index is 0. The molecule has 0 spiro atoms. The van der Waals surface area contributed by atoms with Crippen LogP contribution in [0.5, 0.6) is 0 Å². The zero-order chi connectivity index (χ0) is 15.5. The molecule has 0 aromatic heterocycles. The summed E-state index contributed by atoms with van der Waals surface area (Å²) < 4.78 is 47.3. The van der Waals surface area contributed by atoms with E-state index in [4.69, 9.17) is 0 Å². The molecule has 22 heavy (non-hydrogen) atoms. The van der Waals surface area contributed by atoms with Gasteiger partial charge in [-0.1, -0.05) is 12.1 Å². The summed E-state index contributed by atoms with van der Waals surface area (Å²) in [6.07, 6.45) is 0.961. The number of benzene rings is 1. The van der Waals surface area contributed by atoms with Gasteiger partial charge in [0.05, 0.1) is 11.3 Å². The zero-order valence-electron chi connectivity index (χ0n) is 11.6. The summed E-state index contributed by atoms with van der Waals surface area (Å²) in [5.41, 5.74) is 0.576. The molecule has 1 atom stereocenters. The predicted octanol–water partition coefficient (Wildman–Crippen LogP) is 1.13. The number of amides is 1. The Bertz CT molecular complexity index is 602. The summed E-state index contributed by atoms with van der Waals surface area (Å²) in [6, 6.07) is 5.06. The fourth-order valence-electron chi connectivity index (χ4n) is 2.14. The Hall–Kier alpha value is -1.25. The summed E-state index contributed by atoms with van der Waals surface area (Å²) in [5, 5.41) is 5.97. The summed E-state index contributed by atoms with van der Waals surface area (Å²) in [6.45, 7) is 1.60. The van der Waals surface area contributed by atoms with Gasteiger partial charge in [0.2, 0.25) is 15.7 Å². The minimum Gasteiger partial charge on any atom is -0.352 e. The first-order valence-corrected chi connectivity index (χ1v) is 8.05. The van der Waals surface area contributed by atoms with E-state index in [1.165, 1.54) is 12.1 Å². The van der Waals surface area contributed by atoms with Gasteiger partial charge in [-0.3, -0.25) is 4.79 Å². The molecule has 2 rings (SSSR count). The Kier molecular flexibility index (Phi) is 6.70. The van der Waals surface area contributed by atoms with Gasteiger partial charge in [-0.2, -0.15) is 8.78 Å². The van der Waals surface area contributed by atoms with Gasteiger partial charge in [0.1, 0.15) is 0 Å². The van der Waals surface area contributed by atoms with E-state index in [1.54, 1.807) is 0 Å². The number of sulfone groups is 1. The Balaban J connectivity index is 0.00000242. The van der Waals surface area contributed by atoms with Crippen molar-refractivity contribution in [1.82, 2.24) is 10.6 Å². The highest BCUT2D eigenvalue weighted by Gasteiger charge is 2.26. The molecule has 1 saturated heterocycles. The standard InChI is InChI=1S/C13H16F2N2O3S.ClH/c14-13(15)21(19,20)11-3-1-9(2-4-11)7-12(18)17-10-5-6-16-8-10;/h1-4,10,13,16H,5-8H2,(H,17,18);1H. The number of rotatable bonds is 5. The maximum absolute atomic E-state index is 12.4. The first-order valence-electron chi connectivity index (χ1n) is 6.50. The molecule has 5 nitrogen and oxygen atoms in total. The Labute approximate surface area is 133 Å². The van der Waals surface area contributed by atoms with Gasteiger partial charge in [0, 0.05) is 12.6 Å². The lowest BCUT2D eigenvalue weighted by molar-refractivity contribution is -0.121. The van der Waals surface area contributed by atoms with Crippen molar-refractivity contribution in [3.63, 3.8) is 0 Å². The van der Waals surface area contributed by atoms with E-state index < -0.39 is 20.5 Å². The largest absolute Gasteiger partial charge is 0.352 e. The average Bonchev–Trinajstić information content (AvgIpc) is 2.91. The summed E-state index contributed by atoms with van der Waals surface area (Å²) in [5.74, 6) is -3.62. The number of hydrogen-bond donors (Lipinski definition) is 2. The average molecular weight is 355 g/mol. The van der Waals surface area contributed by atoms with Gasteiger partial charge in [-0.25, -0.2) is 8.42 Å². The van der Waals surface area contributed by atoms with Crippen molar-refractivity contribution < 1.29 is 22.0 Å². The molecule has 0 saturated carbocycles. The lowest BCUT2D eigenvalue weighted by Crippen LogP contribution is -2.37. The molecule has 1 heterocycles. The van der Waals surface area contributed by atoms with Crippen LogP contribution in [-0.2, 0) is 21.1 Å². The number of halogens is 3. The van der Waals surface area contributed by atoms with Gasteiger partial charge < -0.3 is 10.6 Å². The third kappa shape index (κ3) is 4.62. The summed E-state index contributed by atoms with van der Waals surface area (Å²) in [4.78, 5) is 11.3. The first kappa shape index (κ1) is 18.8. The second kappa shape index (κ2) is 7.85. The van der Waals surface area contributed by atoms with Crippen molar-refractivity contribution in [3.8, 4) is 0 Å². The molecule has 0 radical (unpaired) electrons. The number of alkyl halides is 2. The van der Waals surface area contributed by atoms with E-state index in [0.717, 1.165) is 31.6 Å². The van der Waals surface area contributed by atoms with Crippen molar-refractivity contribution in [2.45, 2.75) is 29.5 Å². The zero-order valence-corrected chi connectivity index (χ0v) is 13.2. The first-order chi connectivity index (χ1) is 9.89. The predicted molar refractivity (Wildman–Crippen MR) is 80.0 cm³/mol. The van der Waals surface area contributed by atoms with Crippen molar-refractivity contribution in [2.24, 2.45) is 0 Å². The lowest BCUT2D eigenvalue weighted by atomic mass is 10.1. The van der Waals surface area contributed by atoms with Crippen LogP contribution >= 0.6 is 12.4 Å². The van der Waals surface area contributed by atoms with Gasteiger partial charge in [0.15, 0.2) is 0 Å². The maximum Gasteiger partial charge on any atom is 0.341 e. The van der Waals surface area contributed by atoms with Crippen LogP contribution in [0, 0.1) is 0 Å². The monoisotopic (exact) mass is 354 g/mol. The van der Waals surface area contributed by atoms with Crippen LogP contribution in [0.15, 0.2) is 29.2 Å². The molecule has 1 aromatic carbocycles. The normalized spacial score (nSPS) is 18.0. The minimum atomic E-state index is -4.58. The molecule has 124 valence electrons. The molecule has 1 aliphatic rings. The fraction of sp³-hybridized carbons (Fsp3) is 0.462. The fourth-order valence-corrected chi connectivity index (χ4v) is 2.86. The SMILES string of the molecule is Cl.O=C(Cc1ccc(S(=O)(=O)C(F)F)cc1)NC1CCNC1. The molecule has 1 fully saturated rings. The summed E-state index contributed by atoms with van der Waals surface area (Å²) >= 11 is 0. The van der Waals surface area contributed by atoms with Crippen LogP contribution < -0.4 is 10.6 Å².